The zero-order valence-corrected chi connectivity index (χ0v) is 44.8. The van der Waals surface area contributed by atoms with Gasteiger partial charge in [-0.05, 0) is 167 Å². The predicted molar refractivity (Wildman–Crippen MR) is 334 cm³/mol. The quantitative estimate of drug-likeness (QED) is 0.105. The maximum absolute atomic E-state index is 2.51. The van der Waals surface area contributed by atoms with E-state index in [4.69, 9.17) is 0 Å². The van der Waals surface area contributed by atoms with Crippen molar-refractivity contribution < 1.29 is 0 Å². The number of fused-ring (bicyclic) bond motifs is 3. The smallest absolute Gasteiger partial charge is 0.0465 e. The molecule has 1 aliphatic rings. The lowest BCUT2D eigenvalue weighted by Crippen LogP contribution is -2.17. The van der Waals surface area contributed by atoms with Crippen LogP contribution in [0.5, 0.6) is 0 Å². The molecule has 0 radical (unpaired) electrons. The molecule has 0 aliphatic heterocycles. The van der Waals surface area contributed by atoms with Crippen LogP contribution in [0.3, 0.4) is 0 Å². The summed E-state index contributed by atoms with van der Waals surface area (Å²) >= 11 is 0. The molecular formula is C78H61N. The standard InChI is InChI=1S/C78H61N/c1-78(2)76-51-55(29-48-73(64-23-13-6-14-24-64)65-37-35-61(36-38-65)60-33-31-59(32-34-60)56-17-7-3-8-18-56)30-49-74(76)75-50-47-72(54-77(75)78)79(70-43-39-62(40-44-70)68-27-15-25-66(52-68)57-19-9-4-10-20-57)71-45-41-63(42-46-71)69-28-16-26-67(53-69)58-21-11-5-12-22-58/h3-28,30-47,49-54,73H,29,48H2,1-2H3. The average molecular weight is 1010 g/mol. The second-order valence-electron chi connectivity index (χ2n) is 21.6. The van der Waals surface area contributed by atoms with E-state index in [0.29, 0.717) is 0 Å². The summed E-state index contributed by atoms with van der Waals surface area (Å²) in [6.45, 7) is 4.83. The Kier molecular flexibility index (Phi) is 13.3. The van der Waals surface area contributed by atoms with Gasteiger partial charge in [0.05, 0.1) is 0 Å². The monoisotopic (exact) mass is 1010 g/mol. The van der Waals surface area contributed by atoms with Crippen LogP contribution >= 0.6 is 0 Å². The molecule has 1 aliphatic carbocycles. The highest BCUT2D eigenvalue weighted by Gasteiger charge is 2.36. The molecule has 0 saturated carbocycles. The van der Waals surface area contributed by atoms with Crippen LogP contribution in [0.4, 0.5) is 17.1 Å². The Morgan fingerprint density at radius 1 is 0.278 bits per heavy atom. The number of aryl methyl sites for hydroxylation is 1. The van der Waals surface area contributed by atoms with Crippen molar-refractivity contribution in [3.05, 3.63) is 331 Å². The Hall–Kier alpha value is -9.56. The Labute approximate surface area is 466 Å². The van der Waals surface area contributed by atoms with Crippen molar-refractivity contribution in [1.29, 1.82) is 0 Å². The minimum atomic E-state index is -0.211. The van der Waals surface area contributed by atoms with Gasteiger partial charge in [-0.2, -0.15) is 0 Å². The number of rotatable bonds is 14. The first-order valence-corrected chi connectivity index (χ1v) is 27.8. The number of benzene rings is 12. The molecule has 1 atom stereocenters. The van der Waals surface area contributed by atoms with Crippen LogP contribution in [-0.2, 0) is 11.8 Å². The Morgan fingerprint density at radius 2 is 0.608 bits per heavy atom. The van der Waals surface area contributed by atoms with Crippen molar-refractivity contribution >= 4 is 17.1 Å². The molecule has 12 aromatic rings. The van der Waals surface area contributed by atoms with Crippen molar-refractivity contribution in [1.82, 2.24) is 0 Å². The average Bonchev–Trinajstić information content (AvgIpc) is 4.04. The fourth-order valence-electron chi connectivity index (χ4n) is 12.1. The van der Waals surface area contributed by atoms with Crippen molar-refractivity contribution in [3.8, 4) is 77.9 Å². The van der Waals surface area contributed by atoms with E-state index in [1.165, 1.54) is 106 Å². The Bertz CT molecular complexity index is 3900. The summed E-state index contributed by atoms with van der Waals surface area (Å²) < 4.78 is 0. The third kappa shape index (κ3) is 10.0. The van der Waals surface area contributed by atoms with Crippen LogP contribution in [0, 0.1) is 0 Å². The summed E-state index contributed by atoms with van der Waals surface area (Å²) in [5, 5.41) is 0. The zero-order valence-electron chi connectivity index (χ0n) is 44.8. The lowest BCUT2D eigenvalue weighted by Gasteiger charge is -2.28. The van der Waals surface area contributed by atoms with E-state index in [9.17, 15) is 0 Å². The minimum Gasteiger partial charge on any atom is -0.310 e. The van der Waals surface area contributed by atoms with Crippen LogP contribution in [0.1, 0.15) is 54.0 Å². The molecule has 1 heteroatoms. The molecule has 0 heterocycles. The summed E-state index contributed by atoms with van der Waals surface area (Å²) in [4.78, 5) is 2.43. The minimum absolute atomic E-state index is 0.211. The lowest BCUT2D eigenvalue weighted by molar-refractivity contribution is 0.657. The first-order chi connectivity index (χ1) is 38.9. The van der Waals surface area contributed by atoms with Crippen LogP contribution in [0.15, 0.2) is 303 Å². The van der Waals surface area contributed by atoms with Crippen molar-refractivity contribution in [2.75, 3.05) is 4.90 Å². The fraction of sp³-hybridized carbons (Fsp3) is 0.0769. The number of hydrogen-bond donors (Lipinski definition) is 0. The SMILES string of the molecule is CC1(C)c2cc(CCC(c3ccccc3)c3ccc(-c4ccc(-c5ccccc5)cc4)cc3)ccc2-c2ccc(N(c3ccc(-c4cccc(-c5ccccc5)c4)cc3)c3ccc(-c4cccc(-c5ccccc5)c4)cc3)cc21. The van der Waals surface area contributed by atoms with Gasteiger partial charge in [-0.3, -0.25) is 0 Å². The van der Waals surface area contributed by atoms with Crippen LogP contribution in [-0.4, -0.2) is 0 Å². The molecular weight excluding hydrogens is 951 g/mol. The first kappa shape index (κ1) is 49.0. The van der Waals surface area contributed by atoms with Gasteiger partial charge < -0.3 is 4.90 Å². The predicted octanol–water partition coefficient (Wildman–Crippen LogP) is 21.2. The molecule has 12 aromatic carbocycles. The highest BCUT2D eigenvalue weighted by Crippen LogP contribution is 2.51. The van der Waals surface area contributed by atoms with E-state index in [0.717, 1.165) is 29.9 Å². The normalized spacial score (nSPS) is 12.6. The van der Waals surface area contributed by atoms with Gasteiger partial charge in [0.1, 0.15) is 0 Å². The number of hydrogen-bond acceptors (Lipinski definition) is 1. The van der Waals surface area contributed by atoms with Gasteiger partial charge in [0.2, 0.25) is 0 Å². The highest BCUT2D eigenvalue weighted by molar-refractivity contribution is 5.87. The largest absolute Gasteiger partial charge is 0.310 e. The van der Waals surface area contributed by atoms with Crippen LogP contribution in [0.2, 0.25) is 0 Å². The van der Waals surface area contributed by atoms with E-state index >= 15 is 0 Å². The van der Waals surface area contributed by atoms with Crippen LogP contribution < -0.4 is 4.90 Å². The fourth-order valence-corrected chi connectivity index (χ4v) is 12.1. The van der Waals surface area contributed by atoms with Gasteiger partial charge in [0.15, 0.2) is 0 Å². The number of anilines is 3. The van der Waals surface area contributed by atoms with Gasteiger partial charge in [0.25, 0.3) is 0 Å². The van der Waals surface area contributed by atoms with Gasteiger partial charge in [-0.25, -0.2) is 0 Å². The topological polar surface area (TPSA) is 3.24 Å². The van der Waals surface area contributed by atoms with Gasteiger partial charge in [-0.15, -0.1) is 0 Å². The van der Waals surface area contributed by atoms with E-state index < -0.39 is 0 Å². The van der Waals surface area contributed by atoms with E-state index in [1.54, 1.807) is 0 Å². The third-order valence-electron chi connectivity index (χ3n) is 16.4. The molecule has 0 N–H and O–H groups in total. The maximum Gasteiger partial charge on any atom is 0.0465 e. The van der Waals surface area contributed by atoms with Crippen molar-refractivity contribution in [3.63, 3.8) is 0 Å². The molecule has 0 fully saturated rings. The van der Waals surface area contributed by atoms with Crippen LogP contribution in [0.25, 0.3) is 77.9 Å². The van der Waals surface area contributed by atoms with E-state index in [2.05, 4.69) is 322 Å². The molecule has 0 spiro atoms. The van der Waals surface area contributed by atoms with Crippen molar-refractivity contribution in [2.24, 2.45) is 0 Å². The molecule has 378 valence electrons. The van der Waals surface area contributed by atoms with Gasteiger partial charge in [-0.1, -0.05) is 269 Å². The first-order valence-electron chi connectivity index (χ1n) is 27.8. The summed E-state index contributed by atoms with van der Waals surface area (Å²) in [7, 11) is 0. The second-order valence-corrected chi connectivity index (χ2v) is 21.6. The molecule has 0 aromatic heterocycles. The lowest BCUT2D eigenvalue weighted by atomic mass is 9.81. The Morgan fingerprint density at radius 3 is 1.08 bits per heavy atom. The molecule has 79 heavy (non-hydrogen) atoms. The molecule has 13 rings (SSSR count). The Balaban J connectivity index is 0.792. The maximum atomic E-state index is 2.51. The van der Waals surface area contributed by atoms with E-state index in [-0.39, 0.29) is 11.3 Å². The van der Waals surface area contributed by atoms with Crippen molar-refractivity contribution in [2.45, 2.75) is 38.0 Å². The summed E-state index contributed by atoms with van der Waals surface area (Å²) in [5.41, 5.74) is 27.2. The van der Waals surface area contributed by atoms with Gasteiger partial charge in [0, 0.05) is 28.4 Å². The highest BCUT2D eigenvalue weighted by atomic mass is 15.1. The summed E-state index contributed by atoms with van der Waals surface area (Å²) in [6, 6.07) is 112. The molecule has 0 bridgehead atoms. The molecule has 0 amide bonds. The summed E-state index contributed by atoms with van der Waals surface area (Å²) in [6.07, 6.45) is 1.98. The molecule has 0 saturated heterocycles. The van der Waals surface area contributed by atoms with E-state index in [1.807, 2.05) is 0 Å². The summed E-state index contributed by atoms with van der Waals surface area (Å²) in [5.74, 6) is 0.268. The molecule has 1 nitrogen and oxygen atoms in total. The third-order valence-corrected chi connectivity index (χ3v) is 16.4. The second kappa shape index (κ2) is 21.5. The molecule has 1 unspecified atom stereocenters. The zero-order chi connectivity index (χ0) is 53.1. The van der Waals surface area contributed by atoms with Gasteiger partial charge >= 0.3 is 0 Å². The number of nitrogens with zero attached hydrogens (tertiary/aromatic N) is 1.